The second-order valence-corrected chi connectivity index (χ2v) is 5.04. The van der Waals surface area contributed by atoms with Crippen LogP contribution in [0.5, 0.6) is 0 Å². The van der Waals surface area contributed by atoms with Crippen LogP contribution in [0.4, 0.5) is 0 Å². The largest absolute Gasteiger partial charge is 0.383 e. The lowest BCUT2D eigenvalue weighted by molar-refractivity contribution is -0.129. The SMILES string of the molecule is COCCNCC(=O)N1CCC2(CCOC2)C1. The fourth-order valence-corrected chi connectivity index (χ4v) is 2.60. The first kappa shape index (κ1) is 12.8. The Labute approximate surface area is 102 Å². The molecule has 0 aromatic rings. The molecule has 2 aliphatic heterocycles. The first-order valence-corrected chi connectivity index (χ1v) is 6.31. The Balaban J connectivity index is 1.70. The van der Waals surface area contributed by atoms with Gasteiger partial charge in [-0.15, -0.1) is 0 Å². The molecule has 5 heteroatoms. The zero-order valence-corrected chi connectivity index (χ0v) is 10.5. The molecule has 1 amide bonds. The summed E-state index contributed by atoms with van der Waals surface area (Å²) < 4.78 is 10.4. The standard InChI is InChI=1S/C12H22N2O3/c1-16-7-4-13-8-11(15)14-5-2-12(9-14)3-6-17-10-12/h13H,2-10H2,1H3. The fraction of sp³-hybridized carbons (Fsp3) is 0.917. The minimum atomic E-state index is 0.199. The molecule has 2 rings (SSSR count). The number of hydrogen-bond donors (Lipinski definition) is 1. The van der Waals surface area contributed by atoms with Gasteiger partial charge in [0.15, 0.2) is 0 Å². The van der Waals surface area contributed by atoms with Crippen molar-refractivity contribution >= 4 is 5.91 Å². The summed E-state index contributed by atoms with van der Waals surface area (Å²) in [7, 11) is 1.66. The van der Waals surface area contributed by atoms with Crippen molar-refractivity contribution in [1.82, 2.24) is 10.2 Å². The van der Waals surface area contributed by atoms with Crippen LogP contribution in [0, 0.1) is 5.41 Å². The molecule has 1 unspecified atom stereocenters. The van der Waals surface area contributed by atoms with Gasteiger partial charge in [0.05, 0.1) is 19.8 Å². The van der Waals surface area contributed by atoms with Crippen LogP contribution in [0.15, 0.2) is 0 Å². The van der Waals surface area contributed by atoms with E-state index in [4.69, 9.17) is 9.47 Å². The van der Waals surface area contributed by atoms with Crippen LogP contribution in [0.1, 0.15) is 12.8 Å². The van der Waals surface area contributed by atoms with Crippen molar-refractivity contribution in [3.8, 4) is 0 Å². The molecule has 2 fully saturated rings. The molecule has 0 aliphatic carbocycles. The Morgan fingerprint density at radius 3 is 3.12 bits per heavy atom. The zero-order valence-electron chi connectivity index (χ0n) is 10.5. The molecule has 2 saturated heterocycles. The molecule has 5 nitrogen and oxygen atoms in total. The summed E-state index contributed by atoms with van der Waals surface area (Å²) in [4.78, 5) is 13.9. The predicted octanol–water partition coefficient (Wildman–Crippen LogP) is -0.139. The molecule has 0 aromatic heterocycles. The van der Waals surface area contributed by atoms with Gasteiger partial charge in [-0.1, -0.05) is 0 Å². The third kappa shape index (κ3) is 3.18. The van der Waals surface area contributed by atoms with Gasteiger partial charge in [0, 0.05) is 38.8 Å². The smallest absolute Gasteiger partial charge is 0.236 e. The van der Waals surface area contributed by atoms with Crippen LogP contribution in [0.3, 0.4) is 0 Å². The van der Waals surface area contributed by atoms with E-state index in [9.17, 15) is 4.79 Å². The molecule has 0 bridgehead atoms. The third-order valence-corrected chi connectivity index (χ3v) is 3.74. The van der Waals surface area contributed by atoms with Crippen molar-refractivity contribution in [1.29, 1.82) is 0 Å². The van der Waals surface area contributed by atoms with Gasteiger partial charge in [-0.05, 0) is 12.8 Å². The van der Waals surface area contributed by atoms with E-state index >= 15 is 0 Å². The van der Waals surface area contributed by atoms with Crippen molar-refractivity contribution in [3.05, 3.63) is 0 Å². The van der Waals surface area contributed by atoms with Gasteiger partial charge in [0.25, 0.3) is 0 Å². The summed E-state index contributed by atoms with van der Waals surface area (Å²) in [5, 5.41) is 3.09. The van der Waals surface area contributed by atoms with Gasteiger partial charge < -0.3 is 19.7 Å². The van der Waals surface area contributed by atoms with Gasteiger partial charge in [-0.2, -0.15) is 0 Å². The average Bonchev–Trinajstić information content (AvgIpc) is 2.96. The van der Waals surface area contributed by atoms with E-state index in [-0.39, 0.29) is 11.3 Å². The van der Waals surface area contributed by atoms with E-state index < -0.39 is 0 Å². The molecule has 2 heterocycles. The number of nitrogens with one attached hydrogen (secondary N) is 1. The maximum absolute atomic E-state index is 11.9. The van der Waals surface area contributed by atoms with Crippen LogP contribution in [-0.4, -0.2) is 63.9 Å². The molecule has 17 heavy (non-hydrogen) atoms. The molecule has 1 N–H and O–H groups in total. The number of carbonyl (C=O) groups excluding carboxylic acids is 1. The zero-order chi connectivity index (χ0) is 12.1. The second-order valence-electron chi connectivity index (χ2n) is 5.04. The summed E-state index contributed by atoms with van der Waals surface area (Å²) in [6.07, 6.45) is 2.20. The highest BCUT2D eigenvalue weighted by Crippen LogP contribution is 2.37. The second kappa shape index (κ2) is 5.80. The van der Waals surface area contributed by atoms with Crippen LogP contribution >= 0.6 is 0 Å². The summed E-state index contributed by atoms with van der Waals surface area (Å²) in [5.41, 5.74) is 0.266. The van der Waals surface area contributed by atoms with Gasteiger partial charge in [-0.25, -0.2) is 0 Å². The van der Waals surface area contributed by atoms with Crippen molar-refractivity contribution in [3.63, 3.8) is 0 Å². The summed E-state index contributed by atoms with van der Waals surface area (Å²) in [6, 6.07) is 0. The number of methoxy groups -OCH3 is 1. The Morgan fingerprint density at radius 1 is 1.53 bits per heavy atom. The van der Waals surface area contributed by atoms with Crippen molar-refractivity contribution in [2.45, 2.75) is 12.8 Å². The summed E-state index contributed by atoms with van der Waals surface area (Å²) in [6.45, 7) is 5.23. The molecule has 2 aliphatic rings. The topological polar surface area (TPSA) is 50.8 Å². The Morgan fingerprint density at radius 2 is 2.41 bits per heavy atom. The quantitative estimate of drug-likeness (QED) is 0.682. The van der Waals surface area contributed by atoms with E-state index in [1.807, 2.05) is 4.90 Å². The minimum absolute atomic E-state index is 0.199. The molecule has 0 saturated carbocycles. The maximum Gasteiger partial charge on any atom is 0.236 e. The molecule has 0 radical (unpaired) electrons. The van der Waals surface area contributed by atoms with E-state index in [0.29, 0.717) is 13.2 Å². The van der Waals surface area contributed by atoms with Crippen LogP contribution in [0.25, 0.3) is 0 Å². The number of carbonyl (C=O) groups is 1. The number of rotatable bonds is 5. The fourth-order valence-electron chi connectivity index (χ4n) is 2.60. The molecule has 0 aromatic carbocycles. The summed E-state index contributed by atoms with van der Waals surface area (Å²) in [5.74, 6) is 0.199. The molecule has 98 valence electrons. The highest BCUT2D eigenvalue weighted by molar-refractivity contribution is 5.78. The molecule has 1 spiro atoms. The molecular weight excluding hydrogens is 220 g/mol. The Kier molecular flexibility index (Phi) is 4.36. The monoisotopic (exact) mass is 242 g/mol. The number of ether oxygens (including phenoxy) is 2. The van der Waals surface area contributed by atoms with Crippen molar-refractivity contribution < 1.29 is 14.3 Å². The maximum atomic E-state index is 11.9. The number of hydrogen-bond acceptors (Lipinski definition) is 4. The highest BCUT2D eigenvalue weighted by Gasteiger charge is 2.42. The van der Waals surface area contributed by atoms with Crippen LogP contribution in [-0.2, 0) is 14.3 Å². The first-order valence-electron chi connectivity index (χ1n) is 6.31. The van der Waals surface area contributed by atoms with Crippen LogP contribution < -0.4 is 5.32 Å². The van der Waals surface area contributed by atoms with E-state index in [1.165, 1.54) is 0 Å². The lowest BCUT2D eigenvalue weighted by Crippen LogP contribution is -2.39. The predicted molar refractivity (Wildman–Crippen MR) is 63.8 cm³/mol. The van der Waals surface area contributed by atoms with Gasteiger partial charge in [0.2, 0.25) is 5.91 Å². The van der Waals surface area contributed by atoms with E-state index in [0.717, 1.165) is 45.7 Å². The number of amides is 1. The number of likely N-dealkylation sites (tertiary alicyclic amines) is 1. The van der Waals surface area contributed by atoms with Crippen LogP contribution in [0.2, 0.25) is 0 Å². The average molecular weight is 242 g/mol. The van der Waals surface area contributed by atoms with Gasteiger partial charge in [0.1, 0.15) is 0 Å². The first-order chi connectivity index (χ1) is 8.26. The summed E-state index contributed by atoms with van der Waals surface area (Å²) >= 11 is 0. The Bertz CT molecular complexity index is 264. The van der Waals surface area contributed by atoms with Crippen molar-refractivity contribution in [2.75, 3.05) is 53.1 Å². The van der Waals surface area contributed by atoms with Gasteiger partial charge >= 0.3 is 0 Å². The third-order valence-electron chi connectivity index (χ3n) is 3.74. The van der Waals surface area contributed by atoms with Gasteiger partial charge in [-0.3, -0.25) is 4.79 Å². The number of nitrogens with zero attached hydrogens (tertiary/aromatic N) is 1. The lowest BCUT2D eigenvalue weighted by atomic mass is 9.87. The minimum Gasteiger partial charge on any atom is -0.383 e. The van der Waals surface area contributed by atoms with Crippen molar-refractivity contribution in [2.24, 2.45) is 5.41 Å². The lowest BCUT2D eigenvalue weighted by Gasteiger charge is -2.22. The van der Waals surface area contributed by atoms with E-state index in [2.05, 4.69) is 5.32 Å². The van der Waals surface area contributed by atoms with E-state index in [1.54, 1.807) is 7.11 Å². The molecule has 1 atom stereocenters. The molecular formula is C12H22N2O3. The normalized spacial score (nSPS) is 28.2. The highest BCUT2D eigenvalue weighted by atomic mass is 16.5. The Hall–Kier alpha value is -0.650.